The fourth-order valence-electron chi connectivity index (χ4n) is 3.08. The van der Waals surface area contributed by atoms with E-state index in [0.29, 0.717) is 35.2 Å². The molecule has 9 heteroatoms. The minimum atomic E-state index is -1.05. The Morgan fingerprint density at radius 3 is 2.58 bits per heavy atom. The lowest BCUT2D eigenvalue weighted by Gasteiger charge is -2.17. The Morgan fingerprint density at radius 2 is 1.94 bits per heavy atom. The highest BCUT2D eigenvalue weighted by atomic mass is 35.5. The van der Waals surface area contributed by atoms with Crippen LogP contribution in [0.25, 0.3) is 0 Å². The summed E-state index contributed by atoms with van der Waals surface area (Å²) in [6.07, 6.45) is 0.349. The number of nitrogens with one attached hydrogen (secondary N) is 1. The zero-order chi connectivity index (χ0) is 22.4. The number of esters is 1. The summed E-state index contributed by atoms with van der Waals surface area (Å²) in [6.45, 7) is 1.79. The summed E-state index contributed by atoms with van der Waals surface area (Å²) in [5.74, 6) is -0.250. The van der Waals surface area contributed by atoms with Gasteiger partial charge in [0.15, 0.2) is 12.7 Å². The van der Waals surface area contributed by atoms with Crippen LogP contribution in [0, 0.1) is 0 Å². The molecule has 31 heavy (non-hydrogen) atoms. The number of nitrogens with zero attached hydrogens (tertiary/aromatic N) is 1. The van der Waals surface area contributed by atoms with Crippen LogP contribution < -0.4 is 19.7 Å². The van der Waals surface area contributed by atoms with Crippen molar-refractivity contribution in [3.63, 3.8) is 0 Å². The maximum Gasteiger partial charge on any atom is 0.344 e. The molecule has 0 saturated carbocycles. The summed E-state index contributed by atoms with van der Waals surface area (Å²) >= 11 is 5.95. The van der Waals surface area contributed by atoms with E-state index in [1.165, 1.54) is 20.1 Å². The molecule has 2 amide bonds. The molecule has 1 saturated heterocycles. The topological polar surface area (TPSA) is 94.2 Å². The molecule has 0 spiro atoms. The summed E-state index contributed by atoms with van der Waals surface area (Å²) in [7, 11) is 1.47. The molecule has 164 valence electrons. The van der Waals surface area contributed by atoms with Gasteiger partial charge in [-0.05, 0) is 55.8 Å². The highest BCUT2D eigenvalue weighted by Gasteiger charge is 2.22. The summed E-state index contributed by atoms with van der Waals surface area (Å²) < 4.78 is 15.7. The second kappa shape index (κ2) is 10.2. The molecule has 2 aromatic carbocycles. The van der Waals surface area contributed by atoms with Crippen LogP contribution in [0.3, 0.4) is 0 Å². The van der Waals surface area contributed by atoms with Gasteiger partial charge in [-0.1, -0.05) is 11.6 Å². The minimum absolute atomic E-state index is 0.0971. The van der Waals surface area contributed by atoms with E-state index in [-0.39, 0.29) is 12.5 Å². The number of benzene rings is 2. The number of carbonyl (C=O) groups excluding carboxylic acids is 3. The first-order valence-electron chi connectivity index (χ1n) is 9.74. The second-order valence-electron chi connectivity index (χ2n) is 6.90. The maximum absolute atomic E-state index is 12.3. The van der Waals surface area contributed by atoms with Gasteiger partial charge in [0.25, 0.3) is 5.91 Å². The van der Waals surface area contributed by atoms with Crippen LogP contribution in [0.5, 0.6) is 11.5 Å². The number of rotatable bonds is 8. The van der Waals surface area contributed by atoms with Crippen LogP contribution in [0.15, 0.2) is 42.5 Å². The summed E-state index contributed by atoms with van der Waals surface area (Å²) in [5.41, 5.74) is 1.16. The van der Waals surface area contributed by atoms with Crippen molar-refractivity contribution in [3.8, 4) is 11.5 Å². The van der Waals surface area contributed by atoms with Crippen LogP contribution in [-0.4, -0.2) is 44.1 Å². The van der Waals surface area contributed by atoms with Crippen molar-refractivity contribution >= 4 is 40.8 Å². The molecule has 0 aliphatic carbocycles. The lowest BCUT2D eigenvalue weighted by atomic mass is 10.2. The molecule has 1 heterocycles. The molecule has 1 atom stereocenters. The molecular formula is C22H23ClN2O6. The van der Waals surface area contributed by atoms with E-state index >= 15 is 0 Å². The SMILES string of the molecule is COc1ccc(Cl)cc1NC(=O)C(C)OC(=O)COc1ccc(N2CCCC2=O)cc1. The van der Waals surface area contributed by atoms with Gasteiger partial charge in [-0.2, -0.15) is 0 Å². The number of hydrogen-bond acceptors (Lipinski definition) is 6. The summed E-state index contributed by atoms with van der Waals surface area (Å²) in [4.78, 5) is 37.9. The molecule has 8 nitrogen and oxygen atoms in total. The Morgan fingerprint density at radius 1 is 1.19 bits per heavy atom. The molecule has 1 N–H and O–H groups in total. The highest BCUT2D eigenvalue weighted by Crippen LogP contribution is 2.28. The molecule has 2 aromatic rings. The van der Waals surface area contributed by atoms with Gasteiger partial charge in [-0.3, -0.25) is 9.59 Å². The van der Waals surface area contributed by atoms with Crippen molar-refractivity contribution in [1.29, 1.82) is 0 Å². The molecule has 3 rings (SSSR count). The Kier molecular flexibility index (Phi) is 7.36. The van der Waals surface area contributed by atoms with Gasteiger partial charge in [-0.25, -0.2) is 4.79 Å². The summed E-state index contributed by atoms with van der Waals surface area (Å²) in [6, 6.07) is 11.7. The number of amides is 2. The van der Waals surface area contributed by atoms with Crippen LogP contribution in [0.4, 0.5) is 11.4 Å². The van der Waals surface area contributed by atoms with Crippen molar-refractivity contribution in [2.75, 3.05) is 30.5 Å². The predicted octanol–water partition coefficient (Wildman–Crippen LogP) is 3.42. The highest BCUT2D eigenvalue weighted by molar-refractivity contribution is 6.31. The Hall–Kier alpha value is -3.26. The van der Waals surface area contributed by atoms with Crippen molar-refractivity contribution in [2.24, 2.45) is 0 Å². The van der Waals surface area contributed by atoms with Gasteiger partial charge in [0, 0.05) is 23.7 Å². The van der Waals surface area contributed by atoms with E-state index in [4.69, 9.17) is 25.8 Å². The number of methoxy groups -OCH3 is 1. The number of carbonyl (C=O) groups is 3. The lowest BCUT2D eigenvalue weighted by molar-refractivity contribution is -0.155. The van der Waals surface area contributed by atoms with Crippen LogP contribution in [-0.2, 0) is 19.1 Å². The second-order valence-corrected chi connectivity index (χ2v) is 7.33. The Bertz CT molecular complexity index is 963. The lowest BCUT2D eigenvalue weighted by Crippen LogP contribution is -2.31. The minimum Gasteiger partial charge on any atom is -0.495 e. The van der Waals surface area contributed by atoms with Gasteiger partial charge in [-0.15, -0.1) is 0 Å². The third-order valence-electron chi connectivity index (χ3n) is 4.68. The first-order valence-corrected chi connectivity index (χ1v) is 10.1. The predicted molar refractivity (Wildman–Crippen MR) is 116 cm³/mol. The smallest absolute Gasteiger partial charge is 0.344 e. The largest absolute Gasteiger partial charge is 0.495 e. The average molecular weight is 447 g/mol. The number of halogens is 1. The monoisotopic (exact) mass is 446 g/mol. The van der Waals surface area contributed by atoms with Crippen molar-refractivity contribution in [1.82, 2.24) is 0 Å². The van der Waals surface area contributed by atoms with Gasteiger partial charge in [0.2, 0.25) is 5.91 Å². The molecule has 0 radical (unpaired) electrons. The Labute approximate surface area is 185 Å². The molecule has 0 bridgehead atoms. The number of ether oxygens (including phenoxy) is 3. The molecule has 1 fully saturated rings. The third kappa shape index (κ3) is 5.88. The molecule has 1 aliphatic heterocycles. The molecule has 1 unspecified atom stereocenters. The van der Waals surface area contributed by atoms with E-state index in [1.54, 1.807) is 41.3 Å². The van der Waals surface area contributed by atoms with E-state index < -0.39 is 18.0 Å². The van der Waals surface area contributed by atoms with Gasteiger partial charge in [0.05, 0.1) is 12.8 Å². The molecular weight excluding hydrogens is 424 g/mol. The Balaban J connectivity index is 1.48. The first kappa shape index (κ1) is 22.4. The zero-order valence-corrected chi connectivity index (χ0v) is 18.0. The van der Waals surface area contributed by atoms with Gasteiger partial charge >= 0.3 is 5.97 Å². The van der Waals surface area contributed by atoms with Crippen molar-refractivity contribution < 1.29 is 28.6 Å². The van der Waals surface area contributed by atoms with E-state index in [2.05, 4.69) is 5.32 Å². The molecule has 1 aliphatic rings. The number of anilines is 2. The van der Waals surface area contributed by atoms with Gasteiger partial charge < -0.3 is 24.4 Å². The normalized spacial score (nSPS) is 14.2. The standard InChI is InChI=1S/C22H23ClN2O6/c1-14(22(28)24-18-12-15(23)5-10-19(18)29-2)31-21(27)13-30-17-8-6-16(7-9-17)25-11-3-4-20(25)26/h5-10,12,14H,3-4,11,13H2,1-2H3,(H,24,28). The zero-order valence-electron chi connectivity index (χ0n) is 17.2. The fraction of sp³-hybridized carbons (Fsp3) is 0.318. The fourth-order valence-corrected chi connectivity index (χ4v) is 3.25. The summed E-state index contributed by atoms with van der Waals surface area (Å²) in [5, 5.41) is 3.04. The van der Waals surface area contributed by atoms with E-state index in [1.807, 2.05) is 0 Å². The molecule has 0 aromatic heterocycles. The van der Waals surface area contributed by atoms with Crippen LogP contribution in [0.2, 0.25) is 5.02 Å². The van der Waals surface area contributed by atoms with Crippen molar-refractivity contribution in [3.05, 3.63) is 47.5 Å². The first-order chi connectivity index (χ1) is 14.9. The van der Waals surface area contributed by atoms with Gasteiger partial charge in [0.1, 0.15) is 11.5 Å². The van der Waals surface area contributed by atoms with E-state index in [9.17, 15) is 14.4 Å². The van der Waals surface area contributed by atoms with Crippen molar-refractivity contribution in [2.45, 2.75) is 25.9 Å². The van der Waals surface area contributed by atoms with Crippen LogP contribution >= 0.6 is 11.6 Å². The van der Waals surface area contributed by atoms with Crippen LogP contribution in [0.1, 0.15) is 19.8 Å². The quantitative estimate of drug-likeness (QED) is 0.624. The third-order valence-corrected chi connectivity index (χ3v) is 4.91. The average Bonchev–Trinajstić information content (AvgIpc) is 3.18. The van der Waals surface area contributed by atoms with E-state index in [0.717, 1.165) is 12.1 Å². The maximum atomic E-state index is 12.3. The number of hydrogen-bond donors (Lipinski definition) is 1.